The van der Waals surface area contributed by atoms with Crippen molar-refractivity contribution in [2.75, 3.05) is 19.6 Å². The lowest BCUT2D eigenvalue weighted by Crippen LogP contribution is -2.34. The van der Waals surface area contributed by atoms with Crippen LogP contribution in [0.2, 0.25) is 0 Å². The van der Waals surface area contributed by atoms with Crippen LogP contribution < -0.4 is 0 Å². The first kappa shape index (κ1) is 16.3. The molecule has 118 valence electrons. The van der Waals surface area contributed by atoms with Crippen LogP contribution in [-0.2, 0) is 0 Å². The molecule has 1 saturated carbocycles. The zero-order valence-electron chi connectivity index (χ0n) is 13.9. The molecule has 0 aromatic rings. The molecule has 2 heteroatoms. The van der Waals surface area contributed by atoms with E-state index in [9.17, 15) is 5.11 Å². The summed E-state index contributed by atoms with van der Waals surface area (Å²) in [6.45, 7) is 10.4. The quantitative estimate of drug-likeness (QED) is 0.839. The molecule has 2 aliphatic rings. The van der Waals surface area contributed by atoms with Crippen LogP contribution in [0, 0.1) is 17.3 Å². The SMILES string of the molecule is CC(C)(C)C1CCCN(CC(O)CC2CCCC2)CC1. The van der Waals surface area contributed by atoms with Crippen molar-refractivity contribution in [3.8, 4) is 0 Å². The van der Waals surface area contributed by atoms with E-state index in [2.05, 4.69) is 25.7 Å². The number of rotatable bonds is 4. The van der Waals surface area contributed by atoms with Crippen molar-refractivity contribution in [1.29, 1.82) is 0 Å². The van der Waals surface area contributed by atoms with Gasteiger partial charge in [0.2, 0.25) is 0 Å². The number of hydrogen-bond acceptors (Lipinski definition) is 2. The molecule has 1 N–H and O–H groups in total. The van der Waals surface area contributed by atoms with E-state index in [1.807, 2.05) is 0 Å². The van der Waals surface area contributed by atoms with Gasteiger partial charge in [-0.1, -0.05) is 46.5 Å². The Bertz CT molecular complexity index is 278. The molecule has 0 radical (unpaired) electrons. The molecule has 0 aromatic carbocycles. The second-order valence-electron chi connectivity index (χ2n) is 8.33. The number of hydrogen-bond donors (Lipinski definition) is 1. The fourth-order valence-electron chi connectivity index (χ4n) is 4.21. The minimum atomic E-state index is -0.0933. The Morgan fingerprint density at radius 3 is 2.35 bits per heavy atom. The highest BCUT2D eigenvalue weighted by Crippen LogP contribution is 2.34. The second kappa shape index (κ2) is 7.26. The monoisotopic (exact) mass is 281 g/mol. The highest BCUT2D eigenvalue weighted by Gasteiger charge is 2.28. The van der Waals surface area contributed by atoms with E-state index in [0.29, 0.717) is 5.41 Å². The molecule has 2 unspecified atom stereocenters. The first-order valence-electron chi connectivity index (χ1n) is 8.85. The molecule has 1 heterocycles. The fraction of sp³-hybridized carbons (Fsp3) is 1.00. The average Bonchev–Trinajstić information content (AvgIpc) is 2.72. The summed E-state index contributed by atoms with van der Waals surface area (Å²) in [6.07, 6.45) is 10.4. The lowest BCUT2D eigenvalue weighted by Gasteiger charge is -2.30. The summed E-state index contributed by atoms with van der Waals surface area (Å²) >= 11 is 0. The van der Waals surface area contributed by atoms with Crippen molar-refractivity contribution in [1.82, 2.24) is 4.90 Å². The molecule has 0 amide bonds. The third kappa shape index (κ3) is 5.04. The Morgan fingerprint density at radius 1 is 1.00 bits per heavy atom. The third-order valence-electron chi connectivity index (χ3n) is 5.59. The Morgan fingerprint density at radius 2 is 1.70 bits per heavy atom. The number of β-amino-alcohol motifs (C(OH)–C–C–N with tert-alkyl or cyclic N) is 1. The van der Waals surface area contributed by atoms with Crippen LogP contribution in [0.4, 0.5) is 0 Å². The smallest absolute Gasteiger partial charge is 0.0669 e. The van der Waals surface area contributed by atoms with Crippen molar-refractivity contribution in [3.05, 3.63) is 0 Å². The van der Waals surface area contributed by atoms with E-state index in [0.717, 1.165) is 24.8 Å². The molecular formula is C18H35NO. The molecule has 1 aliphatic heterocycles. The summed E-state index contributed by atoms with van der Waals surface area (Å²) in [7, 11) is 0. The topological polar surface area (TPSA) is 23.5 Å². The average molecular weight is 281 g/mol. The fourth-order valence-corrected chi connectivity index (χ4v) is 4.21. The number of aliphatic hydroxyl groups is 1. The second-order valence-corrected chi connectivity index (χ2v) is 8.33. The van der Waals surface area contributed by atoms with Gasteiger partial charge in [0.1, 0.15) is 0 Å². The van der Waals surface area contributed by atoms with Gasteiger partial charge in [-0.25, -0.2) is 0 Å². The summed E-state index contributed by atoms with van der Waals surface area (Å²) in [5.74, 6) is 1.65. The summed E-state index contributed by atoms with van der Waals surface area (Å²) in [4.78, 5) is 2.52. The number of aliphatic hydroxyl groups excluding tert-OH is 1. The normalized spacial score (nSPS) is 28.5. The van der Waals surface area contributed by atoms with Crippen LogP contribution in [0.15, 0.2) is 0 Å². The molecule has 2 fully saturated rings. The number of likely N-dealkylation sites (tertiary alicyclic amines) is 1. The van der Waals surface area contributed by atoms with Gasteiger partial charge in [0, 0.05) is 6.54 Å². The van der Waals surface area contributed by atoms with Crippen LogP contribution in [0.25, 0.3) is 0 Å². The van der Waals surface area contributed by atoms with Gasteiger partial charge in [-0.2, -0.15) is 0 Å². The van der Waals surface area contributed by atoms with Crippen LogP contribution >= 0.6 is 0 Å². The van der Waals surface area contributed by atoms with E-state index in [4.69, 9.17) is 0 Å². The minimum absolute atomic E-state index is 0.0933. The van der Waals surface area contributed by atoms with Crippen molar-refractivity contribution in [2.24, 2.45) is 17.3 Å². The van der Waals surface area contributed by atoms with Crippen LogP contribution in [-0.4, -0.2) is 35.7 Å². The Kier molecular flexibility index (Phi) is 5.92. The number of nitrogens with zero attached hydrogens (tertiary/aromatic N) is 1. The first-order valence-corrected chi connectivity index (χ1v) is 8.85. The molecule has 2 atom stereocenters. The maximum atomic E-state index is 10.3. The van der Waals surface area contributed by atoms with E-state index in [1.165, 1.54) is 58.0 Å². The van der Waals surface area contributed by atoms with Crippen molar-refractivity contribution in [2.45, 2.75) is 78.2 Å². The van der Waals surface area contributed by atoms with Crippen molar-refractivity contribution in [3.63, 3.8) is 0 Å². The Labute approximate surface area is 125 Å². The molecule has 1 saturated heterocycles. The summed E-state index contributed by atoms with van der Waals surface area (Å²) in [6, 6.07) is 0. The zero-order chi connectivity index (χ0) is 14.6. The maximum Gasteiger partial charge on any atom is 0.0669 e. The van der Waals surface area contributed by atoms with Gasteiger partial charge >= 0.3 is 0 Å². The van der Waals surface area contributed by atoms with Gasteiger partial charge in [-0.3, -0.25) is 0 Å². The Hall–Kier alpha value is -0.0800. The van der Waals surface area contributed by atoms with Gasteiger partial charge in [-0.15, -0.1) is 0 Å². The largest absolute Gasteiger partial charge is 0.392 e. The molecule has 2 nitrogen and oxygen atoms in total. The van der Waals surface area contributed by atoms with Crippen LogP contribution in [0.3, 0.4) is 0 Å². The predicted molar refractivity (Wildman–Crippen MR) is 85.8 cm³/mol. The van der Waals surface area contributed by atoms with E-state index in [-0.39, 0.29) is 6.10 Å². The van der Waals surface area contributed by atoms with Crippen LogP contribution in [0.1, 0.15) is 72.1 Å². The van der Waals surface area contributed by atoms with E-state index in [1.54, 1.807) is 0 Å². The highest BCUT2D eigenvalue weighted by atomic mass is 16.3. The van der Waals surface area contributed by atoms with Gasteiger partial charge in [0.25, 0.3) is 0 Å². The predicted octanol–water partition coefficient (Wildman–Crippen LogP) is 4.08. The highest BCUT2D eigenvalue weighted by molar-refractivity contribution is 4.80. The lowest BCUT2D eigenvalue weighted by atomic mass is 9.77. The zero-order valence-corrected chi connectivity index (χ0v) is 13.9. The summed E-state index contributed by atoms with van der Waals surface area (Å²) in [5.41, 5.74) is 0.443. The molecular weight excluding hydrogens is 246 g/mol. The summed E-state index contributed by atoms with van der Waals surface area (Å²) in [5, 5.41) is 10.3. The first-order chi connectivity index (χ1) is 9.45. The van der Waals surface area contributed by atoms with Crippen molar-refractivity contribution >= 4 is 0 Å². The maximum absolute atomic E-state index is 10.3. The van der Waals surface area contributed by atoms with Gasteiger partial charge in [0.15, 0.2) is 0 Å². The van der Waals surface area contributed by atoms with Crippen molar-refractivity contribution < 1.29 is 5.11 Å². The molecule has 0 bridgehead atoms. The minimum Gasteiger partial charge on any atom is -0.392 e. The van der Waals surface area contributed by atoms with E-state index < -0.39 is 0 Å². The lowest BCUT2D eigenvalue weighted by molar-refractivity contribution is 0.0909. The Balaban J connectivity index is 1.73. The van der Waals surface area contributed by atoms with Gasteiger partial charge < -0.3 is 10.0 Å². The van der Waals surface area contributed by atoms with Gasteiger partial charge in [0.05, 0.1) is 6.10 Å². The third-order valence-corrected chi connectivity index (χ3v) is 5.59. The van der Waals surface area contributed by atoms with Gasteiger partial charge in [-0.05, 0) is 56.0 Å². The molecule has 0 spiro atoms. The molecule has 1 aliphatic carbocycles. The standard InChI is InChI=1S/C18H35NO/c1-18(2,3)16-9-6-11-19(12-10-16)14-17(20)13-15-7-4-5-8-15/h15-17,20H,4-14H2,1-3H3. The molecule has 0 aromatic heterocycles. The molecule has 20 heavy (non-hydrogen) atoms. The molecule has 2 rings (SSSR count). The van der Waals surface area contributed by atoms with Crippen LogP contribution in [0.5, 0.6) is 0 Å². The van der Waals surface area contributed by atoms with E-state index >= 15 is 0 Å². The summed E-state index contributed by atoms with van der Waals surface area (Å²) < 4.78 is 0.